The molecule has 0 spiro atoms. The first kappa shape index (κ1) is 35.7. The molecule has 57 heavy (non-hydrogen) atoms. The molecule has 8 aromatic rings. The van der Waals surface area contributed by atoms with Crippen LogP contribution in [-0.2, 0) is 0 Å². The molecule has 0 radical (unpaired) electrons. The lowest BCUT2D eigenvalue weighted by atomic mass is 10.0. The van der Waals surface area contributed by atoms with E-state index in [1.165, 1.54) is 43.0 Å². The molecule has 1 aliphatic rings. The summed E-state index contributed by atoms with van der Waals surface area (Å²) in [6.45, 7) is 12.4. The van der Waals surface area contributed by atoms with Crippen LogP contribution in [0.2, 0.25) is 0 Å². The Morgan fingerprint density at radius 2 is 0.737 bits per heavy atom. The van der Waals surface area contributed by atoms with Crippen molar-refractivity contribution in [2.75, 3.05) is 9.80 Å². The fourth-order valence-corrected chi connectivity index (χ4v) is 13.9. The summed E-state index contributed by atoms with van der Waals surface area (Å²) >= 11 is 0. The number of fused-ring (bicyclic) bond motifs is 3. The molecule has 0 N–H and O–H groups in total. The second kappa shape index (κ2) is 14.9. The Labute approximate surface area is 338 Å². The SMILES string of the molecule is C=Cc1ccc(N(c2cccc(C)c2)c2ccc3c(c2)[Si](c2ccccc2)(c2ccccc2)c2cc(N(c4ccc(C=C)cc4)c4cccc(C)c4)ccc2-3)cc1. The Morgan fingerprint density at radius 3 is 1.11 bits per heavy atom. The lowest BCUT2D eigenvalue weighted by Crippen LogP contribution is -2.72. The van der Waals surface area contributed by atoms with Crippen LogP contribution in [0, 0.1) is 13.8 Å². The molecular weight excluding hydrogens is 705 g/mol. The molecule has 1 aliphatic heterocycles. The Morgan fingerprint density at radius 1 is 0.368 bits per heavy atom. The second-order valence-corrected chi connectivity index (χ2v) is 18.6. The highest BCUT2D eigenvalue weighted by molar-refractivity contribution is 7.22. The van der Waals surface area contributed by atoms with Gasteiger partial charge in [0, 0.05) is 34.1 Å². The zero-order valence-electron chi connectivity index (χ0n) is 32.4. The summed E-state index contributed by atoms with van der Waals surface area (Å²) in [5.74, 6) is 0. The van der Waals surface area contributed by atoms with Gasteiger partial charge in [-0.2, -0.15) is 0 Å². The van der Waals surface area contributed by atoms with Gasteiger partial charge in [-0.1, -0.05) is 147 Å². The topological polar surface area (TPSA) is 6.48 Å². The van der Waals surface area contributed by atoms with E-state index in [1.807, 2.05) is 12.2 Å². The van der Waals surface area contributed by atoms with Crippen LogP contribution < -0.4 is 30.5 Å². The third-order valence-corrected chi connectivity index (χ3v) is 16.2. The van der Waals surface area contributed by atoms with E-state index in [0.29, 0.717) is 0 Å². The van der Waals surface area contributed by atoms with Gasteiger partial charge in [-0.15, -0.1) is 0 Å². The molecule has 0 saturated carbocycles. The molecule has 274 valence electrons. The Hall–Kier alpha value is -6.94. The largest absolute Gasteiger partial charge is 0.310 e. The van der Waals surface area contributed by atoms with Crippen molar-refractivity contribution in [1.82, 2.24) is 0 Å². The predicted molar refractivity (Wildman–Crippen MR) is 248 cm³/mol. The van der Waals surface area contributed by atoms with Gasteiger partial charge in [-0.05, 0) is 141 Å². The maximum absolute atomic E-state index is 4.01. The van der Waals surface area contributed by atoms with E-state index in [2.05, 4.69) is 231 Å². The molecule has 0 unspecified atom stereocenters. The minimum atomic E-state index is -2.92. The van der Waals surface area contributed by atoms with Crippen LogP contribution >= 0.6 is 0 Å². The van der Waals surface area contributed by atoms with E-state index in [1.54, 1.807) is 0 Å². The molecular formula is C54H44N2Si. The van der Waals surface area contributed by atoms with Gasteiger partial charge < -0.3 is 9.80 Å². The van der Waals surface area contributed by atoms with Crippen molar-refractivity contribution in [2.45, 2.75) is 13.8 Å². The highest BCUT2D eigenvalue weighted by atomic mass is 28.3. The van der Waals surface area contributed by atoms with E-state index in [0.717, 1.165) is 45.3 Å². The quantitative estimate of drug-likeness (QED) is 0.129. The maximum atomic E-state index is 4.01. The van der Waals surface area contributed by atoms with Gasteiger partial charge in [0.15, 0.2) is 8.07 Å². The Bertz CT molecular complexity index is 2540. The van der Waals surface area contributed by atoms with Gasteiger partial charge in [0.05, 0.1) is 0 Å². The number of rotatable bonds is 10. The van der Waals surface area contributed by atoms with Crippen LogP contribution in [-0.4, -0.2) is 8.07 Å². The normalized spacial score (nSPS) is 12.3. The van der Waals surface area contributed by atoms with Gasteiger partial charge >= 0.3 is 0 Å². The molecule has 0 aliphatic carbocycles. The van der Waals surface area contributed by atoms with Crippen molar-refractivity contribution in [1.29, 1.82) is 0 Å². The first-order chi connectivity index (χ1) is 28.0. The van der Waals surface area contributed by atoms with Crippen molar-refractivity contribution >= 4 is 75.1 Å². The molecule has 0 atom stereocenters. The average Bonchev–Trinajstić information content (AvgIpc) is 3.55. The maximum Gasteiger partial charge on any atom is 0.181 e. The number of nitrogens with zero attached hydrogens (tertiary/aromatic N) is 2. The van der Waals surface area contributed by atoms with Crippen LogP contribution in [0.1, 0.15) is 22.3 Å². The van der Waals surface area contributed by atoms with E-state index < -0.39 is 8.07 Å². The fraction of sp³-hybridized carbons (Fsp3) is 0.0370. The monoisotopic (exact) mass is 748 g/mol. The lowest BCUT2D eigenvalue weighted by Gasteiger charge is -2.33. The number of hydrogen-bond donors (Lipinski definition) is 0. The van der Waals surface area contributed by atoms with Gasteiger partial charge in [0.2, 0.25) is 0 Å². The lowest BCUT2D eigenvalue weighted by molar-refractivity contribution is 1.27. The molecule has 9 rings (SSSR count). The van der Waals surface area contributed by atoms with E-state index in [-0.39, 0.29) is 0 Å². The Balaban J connectivity index is 1.32. The van der Waals surface area contributed by atoms with Crippen molar-refractivity contribution < 1.29 is 0 Å². The first-order valence-electron chi connectivity index (χ1n) is 19.6. The smallest absolute Gasteiger partial charge is 0.181 e. The van der Waals surface area contributed by atoms with Crippen molar-refractivity contribution in [3.8, 4) is 11.1 Å². The first-order valence-corrected chi connectivity index (χ1v) is 21.6. The summed E-state index contributed by atoms with van der Waals surface area (Å²) in [6, 6.07) is 71.9. The highest BCUT2D eigenvalue weighted by Gasteiger charge is 2.49. The number of aryl methyl sites for hydroxylation is 2. The molecule has 0 amide bonds. The molecule has 0 fully saturated rings. The standard InChI is InChI=1S/C54H44N2Si/c1-5-41-23-27-43(28-24-41)55(45-17-13-15-39(3)35-45)47-31-33-51-52-34-32-48(56(46-18-14-16-40(4)36-46)44-29-25-42(6-2)26-30-44)38-54(52)57(53(51)37-47,49-19-9-7-10-20-49)50-21-11-8-12-22-50/h5-38H,1-2H2,3-4H3. The van der Waals surface area contributed by atoms with Gasteiger partial charge in [0.25, 0.3) is 0 Å². The summed E-state index contributed by atoms with van der Waals surface area (Å²) in [5, 5.41) is 5.51. The molecule has 0 bridgehead atoms. The molecule has 0 aromatic heterocycles. The third kappa shape index (κ3) is 6.32. The van der Waals surface area contributed by atoms with Crippen LogP contribution in [0.5, 0.6) is 0 Å². The number of anilines is 6. The Kier molecular flexibility index (Phi) is 9.37. The highest BCUT2D eigenvalue weighted by Crippen LogP contribution is 2.41. The van der Waals surface area contributed by atoms with Gasteiger partial charge in [-0.25, -0.2) is 0 Å². The van der Waals surface area contributed by atoms with Gasteiger partial charge in [0.1, 0.15) is 0 Å². The van der Waals surface area contributed by atoms with Crippen molar-refractivity contribution in [3.05, 3.63) is 230 Å². The second-order valence-electron chi connectivity index (χ2n) is 14.9. The molecule has 1 heterocycles. The van der Waals surface area contributed by atoms with Crippen LogP contribution in [0.25, 0.3) is 23.3 Å². The zero-order chi connectivity index (χ0) is 38.9. The van der Waals surface area contributed by atoms with Crippen molar-refractivity contribution in [2.24, 2.45) is 0 Å². The van der Waals surface area contributed by atoms with Crippen LogP contribution in [0.15, 0.2) is 207 Å². The van der Waals surface area contributed by atoms with Crippen LogP contribution in [0.3, 0.4) is 0 Å². The molecule has 3 heteroatoms. The van der Waals surface area contributed by atoms with E-state index in [9.17, 15) is 0 Å². The fourth-order valence-electron chi connectivity index (χ4n) is 8.69. The van der Waals surface area contributed by atoms with Crippen LogP contribution in [0.4, 0.5) is 34.1 Å². The molecule has 8 aromatic carbocycles. The zero-order valence-corrected chi connectivity index (χ0v) is 33.4. The summed E-state index contributed by atoms with van der Waals surface area (Å²) in [4.78, 5) is 4.80. The molecule has 2 nitrogen and oxygen atoms in total. The molecule has 0 saturated heterocycles. The third-order valence-electron chi connectivity index (χ3n) is 11.3. The minimum absolute atomic E-state index is 1.10. The van der Waals surface area contributed by atoms with Gasteiger partial charge in [-0.3, -0.25) is 0 Å². The average molecular weight is 749 g/mol. The van der Waals surface area contributed by atoms with E-state index >= 15 is 0 Å². The van der Waals surface area contributed by atoms with Crippen molar-refractivity contribution in [3.63, 3.8) is 0 Å². The number of hydrogen-bond acceptors (Lipinski definition) is 2. The summed E-state index contributed by atoms with van der Waals surface area (Å²) in [7, 11) is -2.92. The minimum Gasteiger partial charge on any atom is -0.310 e. The summed E-state index contributed by atoms with van der Waals surface area (Å²) in [5.41, 5.74) is 13.9. The summed E-state index contributed by atoms with van der Waals surface area (Å²) in [6.07, 6.45) is 3.80. The number of benzene rings is 8. The van der Waals surface area contributed by atoms with E-state index in [4.69, 9.17) is 0 Å². The summed E-state index contributed by atoms with van der Waals surface area (Å²) < 4.78 is 0. The predicted octanol–water partition coefficient (Wildman–Crippen LogP) is 11.9.